The molecule has 26 heavy (non-hydrogen) atoms. The molecule has 0 atom stereocenters. The minimum atomic E-state index is 0.899. The van der Waals surface area contributed by atoms with Crippen LogP contribution in [0.25, 0.3) is 15.9 Å². The van der Waals surface area contributed by atoms with Gasteiger partial charge in [-0.25, -0.2) is 15.0 Å². The van der Waals surface area contributed by atoms with Crippen molar-refractivity contribution < 1.29 is 0 Å². The molecule has 0 aliphatic carbocycles. The molecule has 0 unspecified atom stereocenters. The first-order valence-electron chi connectivity index (χ1n) is 8.72. The van der Waals surface area contributed by atoms with E-state index in [1.54, 1.807) is 30.1 Å². The quantitative estimate of drug-likeness (QED) is 0.555. The number of anilines is 1. The van der Waals surface area contributed by atoms with E-state index in [1.165, 1.54) is 16.0 Å². The SMILES string of the molecule is Cc1cc2c(N3CCN(Cc4cnc5cnccn45)CC3)ncnc2s1. The third-order valence-corrected chi connectivity index (χ3v) is 5.84. The van der Waals surface area contributed by atoms with E-state index in [0.717, 1.165) is 49.0 Å². The van der Waals surface area contributed by atoms with Gasteiger partial charge in [0.2, 0.25) is 0 Å². The Morgan fingerprint density at radius 2 is 1.96 bits per heavy atom. The second-order valence-corrected chi connectivity index (χ2v) is 7.83. The molecule has 0 saturated carbocycles. The predicted molar refractivity (Wildman–Crippen MR) is 103 cm³/mol. The molecule has 4 aromatic rings. The Labute approximate surface area is 155 Å². The lowest BCUT2D eigenvalue weighted by Crippen LogP contribution is -2.46. The van der Waals surface area contributed by atoms with Crippen molar-refractivity contribution in [2.24, 2.45) is 0 Å². The Morgan fingerprint density at radius 3 is 2.85 bits per heavy atom. The fraction of sp³-hybridized carbons (Fsp3) is 0.333. The van der Waals surface area contributed by atoms with Crippen LogP contribution in [0.3, 0.4) is 0 Å². The Bertz CT molecular complexity index is 1060. The molecular weight excluding hydrogens is 346 g/mol. The first-order chi connectivity index (χ1) is 12.8. The molecule has 0 radical (unpaired) electrons. The van der Waals surface area contributed by atoms with Gasteiger partial charge in [-0.2, -0.15) is 0 Å². The van der Waals surface area contributed by atoms with Crippen molar-refractivity contribution in [2.45, 2.75) is 13.5 Å². The lowest BCUT2D eigenvalue weighted by Gasteiger charge is -2.35. The normalized spacial score (nSPS) is 16.0. The third-order valence-electron chi connectivity index (χ3n) is 4.88. The van der Waals surface area contributed by atoms with Gasteiger partial charge in [-0.1, -0.05) is 0 Å². The van der Waals surface area contributed by atoms with Crippen LogP contribution in [-0.2, 0) is 6.54 Å². The monoisotopic (exact) mass is 365 g/mol. The Morgan fingerprint density at radius 1 is 1.08 bits per heavy atom. The molecule has 8 heteroatoms. The average molecular weight is 365 g/mol. The minimum absolute atomic E-state index is 0.899. The maximum absolute atomic E-state index is 4.57. The topological polar surface area (TPSA) is 62.5 Å². The van der Waals surface area contributed by atoms with Gasteiger partial charge in [-0.15, -0.1) is 11.3 Å². The maximum Gasteiger partial charge on any atom is 0.155 e. The zero-order chi connectivity index (χ0) is 17.5. The standard InChI is InChI=1S/C18H19N7S/c1-13-8-15-17(21-12-22-18(15)26-13)24-6-4-23(5-7-24)11-14-9-20-16-10-19-2-3-25(14)16/h2-3,8-10,12H,4-7,11H2,1H3. The van der Waals surface area contributed by atoms with E-state index in [1.807, 2.05) is 12.4 Å². The molecule has 0 aromatic carbocycles. The average Bonchev–Trinajstić information content (AvgIpc) is 3.25. The van der Waals surface area contributed by atoms with Gasteiger partial charge in [0.05, 0.1) is 23.5 Å². The van der Waals surface area contributed by atoms with Crippen LogP contribution in [0.1, 0.15) is 10.6 Å². The molecule has 0 spiro atoms. The van der Waals surface area contributed by atoms with Crippen LogP contribution in [0.15, 0.2) is 37.2 Å². The molecule has 4 aromatic heterocycles. The van der Waals surface area contributed by atoms with E-state index >= 15 is 0 Å². The van der Waals surface area contributed by atoms with Gasteiger partial charge in [0.1, 0.15) is 17.0 Å². The number of piperazine rings is 1. The molecule has 1 saturated heterocycles. The summed E-state index contributed by atoms with van der Waals surface area (Å²) in [5.41, 5.74) is 2.10. The zero-order valence-corrected chi connectivity index (χ0v) is 15.4. The Balaban J connectivity index is 1.31. The van der Waals surface area contributed by atoms with Crippen molar-refractivity contribution in [1.82, 2.24) is 29.2 Å². The second-order valence-electron chi connectivity index (χ2n) is 6.59. The lowest BCUT2D eigenvalue weighted by molar-refractivity contribution is 0.246. The van der Waals surface area contributed by atoms with Crippen LogP contribution < -0.4 is 4.90 Å². The number of thiophene rings is 1. The van der Waals surface area contributed by atoms with Crippen LogP contribution in [0, 0.1) is 6.92 Å². The molecule has 0 amide bonds. The van der Waals surface area contributed by atoms with Crippen molar-refractivity contribution in [3.8, 4) is 0 Å². The van der Waals surface area contributed by atoms with E-state index < -0.39 is 0 Å². The molecule has 1 fully saturated rings. The van der Waals surface area contributed by atoms with E-state index in [2.05, 4.69) is 47.1 Å². The number of imidazole rings is 1. The van der Waals surface area contributed by atoms with Gasteiger partial charge in [-0.05, 0) is 13.0 Å². The van der Waals surface area contributed by atoms with Gasteiger partial charge in [-0.3, -0.25) is 14.3 Å². The fourth-order valence-corrected chi connectivity index (χ4v) is 4.42. The molecule has 0 N–H and O–H groups in total. The van der Waals surface area contributed by atoms with Crippen LogP contribution in [0.4, 0.5) is 5.82 Å². The zero-order valence-electron chi connectivity index (χ0n) is 14.5. The second kappa shape index (κ2) is 6.30. The summed E-state index contributed by atoms with van der Waals surface area (Å²) in [7, 11) is 0. The number of aromatic nitrogens is 5. The van der Waals surface area contributed by atoms with E-state index in [4.69, 9.17) is 0 Å². The van der Waals surface area contributed by atoms with Crippen LogP contribution in [-0.4, -0.2) is 55.4 Å². The fourth-order valence-electron chi connectivity index (χ4n) is 3.57. The van der Waals surface area contributed by atoms with Gasteiger partial charge < -0.3 is 4.90 Å². The highest BCUT2D eigenvalue weighted by Crippen LogP contribution is 2.30. The van der Waals surface area contributed by atoms with Crippen LogP contribution in [0.2, 0.25) is 0 Å². The molecular formula is C18H19N7S. The summed E-state index contributed by atoms with van der Waals surface area (Å²) in [5, 5.41) is 1.18. The summed E-state index contributed by atoms with van der Waals surface area (Å²) in [6.45, 7) is 6.98. The first kappa shape index (κ1) is 15.7. The van der Waals surface area contributed by atoms with Crippen molar-refractivity contribution >= 4 is 33.0 Å². The minimum Gasteiger partial charge on any atom is -0.353 e. The molecule has 132 valence electrons. The molecule has 1 aliphatic rings. The molecule has 7 nitrogen and oxygen atoms in total. The van der Waals surface area contributed by atoms with Crippen LogP contribution >= 0.6 is 11.3 Å². The van der Waals surface area contributed by atoms with Crippen molar-refractivity contribution in [2.75, 3.05) is 31.1 Å². The summed E-state index contributed by atoms with van der Waals surface area (Å²) in [6.07, 6.45) is 9.21. The largest absolute Gasteiger partial charge is 0.353 e. The predicted octanol–water partition coefficient (Wildman–Crippen LogP) is 2.36. The van der Waals surface area contributed by atoms with Crippen molar-refractivity contribution in [3.63, 3.8) is 0 Å². The molecule has 0 bridgehead atoms. The Hall–Kier alpha value is -2.58. The number of nitrogens with zero attached hydrogens (tertiary/aromatic N) is 7. The molecule has 5 heterocycles. The first-order valence-corrected chi connectivity index (χ1v) is 9.54. The summed E-state index contributed by atoms with van der Waals surface area (Å²) < 4.78 is 2.11. The number of hydrogen-bond acceptors (Lipinski definition) is 7. The van der Waals surface area contributed by atoms with Gasteiger partial charge in [0.25, 0.3) is 0 Å². The van der Waals surface area contributed by atoms with Crippen molar-refractivity contribution in [3.05, 3.63) is 47.8 Å². The van der Waals surface area contributed by atoms with E-state index in [9.17, 15) is 0 Å². The third kappa shape index (κ3) is 2.71. The highest BCUT2D eigenvalue weighted by atomic mass is 32.1. The maximum atomic E-state index is 4.57. The van der Waals surface area contributed by atoms with E-state index in [-0.39, 0.29) is 0 Å². The van der Waals surface area contributed by atoms with Gasteiger partial charge >= 0.3 is 0 Å². The summed E-state index contributed by atoms with van der Waals surface area (Å²) >= 11 is 1.73. The lowest BCUT2D eigenvalue weighted by atomic mass is 10.2. The van der Waals surface area contributed by atoms with Crippen molar-refractivity contribution in [1.29, 1.82) is 0 Å². The Kier molecular flexibility index (Phi) is 3.79. The van der Waals surface area contributed by atoms with Gasteiger partial charge in [0.15, 0.2) is 5.65 Å². The van der Waals surface area contributed by atoms with Gasteiger partial charge in [0, 0.05) is 50.0 Å². The summed E-state index contributed by atoms with van der Waals surface area (Å²) in [6, 6.07) is 2.20. The van der Waals surface area contributed by atoms with Crippen LogP contribution in [0.5, 0.6) is 0 Å². The number of aryl methyl sites for hydroxylation is 1. The number of rotatable bonds is 3. The molecule has 5 rings (SSSR count). The molecule has 1 aliphatic heterocycles. The van der Waals surface area contributed by atoms with E-state index in [0.29, 0.717) is 0 Å². The summed E-state index contributed by atoms with van der Waals surface area (Å²) in [5.74, 6) is 1.07. The number of fused-ring (bicyclic) bond motifs is 2. The highest BCUT2D eigenvalue weighted by molar-refractivity contribution is 7.18. The summed E-state index contributed by atoms with van der Waals surface area (Å²) in [4.78, 5) is 24.7. The highest BCUT2D eigenvalue weighted by Gasteiger charge is 2.21. The number of hydrogen-bond donors (Lipinski definition) is 0. The smallest absolute Gasteiger partial charge is 0.155 e.